The molecule has 0 aromatic rings. The van der Waals surface area contributed by atoms with Gasteiger partial charge in [-0.1, -0.05) is 89.9 Å². The van der Waals surface area contributed by atoms with Crippen molar-refractivity contribution in [3.63, 3.8) is 0 Å². The highest BCUT2D eigenvalue weighted by Crippen LogP contribution is 2.32. The van der Waals surface area contributed by atoms with E-state index >= 15 is 0 Å². The van der Waals surface area contributed by atoms with Crippen LogP contribution in [0.5, 0.6) is 0 Å². The second-order valence-corrected chi connectivity index (χ2v) is 10.3. The number of allylic oxidation sites excluding steroid dienone is 4. The normalized spacial score (nSPS) is 25.5. The maximum atomic E-state index is 6.44. The average molecular weight is 414 g/mol. The Morgan fingerprint density at radius 2 is 1.37 bits per heavy atom. The molecule has 2 saturated carbocycles. The highest BCUT2D eigenvalue weighted by Gasteiger charge is 2.18. The molecule has 0 radical (unpaired) electrons. The van der Waals surface area contributed by atoms with Crippen molar-refractivity contribution >= 4 is 0 Å². The highest BCUT2D eigenvalue weighted by molar-refractivity contribution is 5.32. The third-order valence-corrected chi connectivity index (χ3v) is 7.73. The lowest BCUT2D eigenvalue weighted by Gasteiger charge is -2.24. The van der Waals surface area contributed by atoms with Crippen LogP contribution in [0.25, 0.3) is 0 Å². The summed E-state index contributed by atoms with van der Waals surface area (Å²) in [5, 5.41) is 0. The van der Waals surface area contributed by atoms with Gasteiger partial charge in [-0.3, -0.25) is 0 Å². The molecule has 30 heavy (non-hydrogen) atoms. The molecule has 0 heterocycles. The van der Waals surface area contributed by atoms with E-state index in [0.717, 1.165) is 18.0 Å². The first-order valence-corrected chi connectivity index (χ1v) is 13.4. The fourth-order valence-electron chi connectivity index (χ4n) is 5.47. The molecule has 1 heteroatoms. The van der Waals surface area contributed by atoms with Gasteiger partial charge in [0.1, 0.15) is 0 Å². The summed E-state index contributed by atoms with van der Waals surface area (Å²) in [6, 6.07) is 0. The molecule has 2 atom stereocenters. The monoisotopic (exact) mass is 413 g/mol. The van der Waals surface area contributed by atoms with E-state index in [0.29, 0.717) is 5.92 Å². The number of hydrogen-bond acceptors (Lipinski definition) is 1. The predicted molar refractivity (Wildman–Crippen MR) is 134 cm³/mol. The van der Waals surface area contributed by atoms with Gasteiger partial charge in [-0.2, -0.15) is 0 Å². The van der Waals surface area contributed by atoms with E-state index in [2.05, 4.69) is 26.5 Å². The second kappa shape index (κ2) is 14.9. The van der Waals surface area contributed by atoms with Gasteiger partial charge in [0, 0.05) is 5.70 Å². The summed E-state index contributed by atoms with van der Waals surface area (Å²) < 4.78 is 0. The average Bonchev–Trinajstić information content (AvgIpc) is 2.75. The molecule has 2 aliphatic rings. The van der Waals surface area contributed by atoms with Crippen molar-refractivity contribution in [1.82, 2.24) is 0 Å². The third-order valence-electron chi connectivity index (χ3n) is 7.73. The molecule has 0 spiro atoms. The molecule has 2 rings (SSSR count). The molecule has 2 N–H and O–H groups in total. The molecule has 2 aliphatic carbocycles. The Hall–Kier alpha value is -0.980. The number of hydrogen-bond donors (Lipinski definition) is 1. The minimum atomic E-state index is 0.669. The van der Waals surface area contributed by atoms with Crippen molar-refractivity contribution in [2.45, 2.75) is 136 Å². The standard InChI is InChI=1S/C29H51N/c1-24-18-14-16-22-27(24)21-13-11-9-7-5-4-6-8-10-12-20-26(3)29(30)28-23-17-15-19-25(28)2/h21,24-25H,3-20,22-23,30H2,1-2H3. The first kappa shape index (κ1) is 25.3. The zero-order chi connectivity index (χ0) is 21.6. The summed E-state index contributed by atoms with van der Waals surface area (Å²) in [7, 11) is 0. The lowest BCUT2D eigenvalue weighted by atomic mass is 9.83. The molecule has 172 valence electrons. The molecule has 0 saturated heterocycles. The smallest absolute Gasteiger partial charge is 0.0335 e. The minimum Gasteiger partial charge on any atom is -0.399 e. The van der Waals surface area contributed by atoms with E-state index in [1.165, 1.54) is 127 Å². The molecule has 2 fully saturated rings. The largest absolute Gasteiger partial charge is 0.399 e. The summed E-state index contributed by atoms with van der Waals surface area (Å²) in [5.74, 6) is 1.53. The SMILES string of the molecule is C=C(CCCCCCCCCCCC=C1CCCCC1C)C(N)=C1CCCCC1C. The van der Waals surface area contributed by atoms with Crippen LogP contribution in [0.4, 0.5) is 0 Å². The van der Waals surface area contributed by atoms with E-state index in [1.807, 2.05) is 0 Å². The topological polar surface area (TPSA) is 26.0 Å². The van der Waals surface area contributed by atoms with Gasteiger partial charge in [0.05, 0.1) is 0 Å². The maximum Gasteiger partial charge on any atom is 0.0335 e. The zero-order valence-corrected chi connectivity index (χ0v) is 20.5. The van der Waals surface area contributed by atoms with Crippen LogP contribution in [0.15, 0.2) is 35.1 Å². The Kier molecular flexibility index (Phi) is 12.6. The molecular weight excluding hydrogens is 362 g/mol. The van der Waals surface area contributed by atoms with Gasteiger partial charge in [0.25, 0.3) is 0 Å². The lowest BCUT2D eigenvalue weighted by Crippen LogP contribution is -2.14. The van der Waals surface area contributed by atoms with Crippen LogP contribution in [0.2, 0.25) is 0 Å². The van der Waals surface area contributed by atoms with Gasteiger partial charge in [0.15, 0.2) is 0 Å². The fourth-order valence-corrected chi connectivity index (χ4v) is 5.47. The van der Waals surface area contributed by atoms with Gasteiger partial charge in [-0.25, -0.2) is 0 Å². The van der Waals surface area contributed by atoms with Gasteiger partial charge in [-0.05, 0) is 87.2 Å². The van der Waals surface area contributed by atoms with Crippen molar-refractivity contribution in [3.05, 3.63) is 35.1 Å². The quantitative estimate of drug-likeness (QED) is 0.236. The number of nitrogens with two attached hydrogens (primary N) is 1. The van der Waals surface area contributed by atoms with E-state index in [-0.39, 0.29) is 0 Å². The molecule has 1 nitrogen and oxygen atoms in total. The van der Waals surface area contributed by atoms with Crippen molar-refractivity contribution in [2.24, 2.45) is 17.6 Å². The fraction of sp³-hybridized carbons (Fsp3) is 0.793. The summed E-state index contributed by atoms with van der Waals surface area (Å²) in [5.41, 5.74) is 12.0. The Morgan fingerprint density at radius 3 is 2.00 bits per heavy atom. The summed E-state index contributed by atoms with van der Waals surface area (Å²) >= 11 is 0. The number of rotatable bonds is 13. The highest BCUT2D eigenvalue weighted by atomic mass is 14.6. The van der Waals surface area contributed by atoms with E-state index in [9.17, 15) is 0 Å². The first-order valence-electron chi connectivity index (χ1n) is 13.4. The van der Waals surface area contributed by atoms with Crippen molar-refractivity contribution in [1.29, 1.82) is 0 Å². The third kappa shape index (κ3) is 9.44. The maximum absolute atomic E-state index is 6.44. The molecule has 0 bridgehead atoms. The summed E-state index contributed by atoms with van der Waals surface area (Å²) in [4.78, 5) is 0. The zero-order valence-electron chi connectivity index (χ0n) is 20.5. The van der Waals surface area contributed by atoms with Gasteiger partial charge in [-0.15, -0.1) is 0 Å². The van der Waals surface area contributed by atoms with Crippen molar-refractivity contribution < 1.29 is 0 Å². The Bertz CT molecular complexity index is 553. The summed E-state index contributed by atoms with van der Waals surface area (Å²) in [6.07, 6.45) is 28.3. The van der Waals surface area contributed by atoms with E-state index in [1.54, 1.807) is 5.57 Å². The number of unbranched alkanes of at least 4 members (excludes halogenated alkanes) is 9. The van der Waals surface area contributed by atoms with Crippen LogP contribution in [-0.4, -0.2) is 0 Å². The first-order chi connectivity index (χ1) is 14.6. The Labute approximate surface area is 188 Å². The molecule has 0 aliphatic heterocycles. The Balaban J connectivity index is 1.41. The molecule has 0 aromatic carbocycles. The Morgan fingerprint density at radius 1 is 0.800 bits per heavy atom. The molecule has 0 aromatic heterocycles. The van der Waals surface area contributed by atoms with Gasteiger partial charge < -0.3 is 5.73 Å². The van der Waals surface area contributed by atoms with Crippen LogP contribution < -0.4 is 5.73 Å². The second-order valence-electron chi connectivity index (χ2n) is 10.3. The predicted octanol–water partition coefficient (Wildman–Crippen LogP) is 9.39. The van der Waals surface area contributed by atoms with E-state index in [4.69, 9.17) is 5.73 Å². The summed E-state index contributed by atoms with van der Waals surface area (Å²) in [6.45, 7) is 9.05. The molecule has 0 amide bonds. The van der Waals surface area contributed by atoms with Crippen molar-refractivity contribution in [2.75, 3.05) is 0 Å². The van der Waals surface area contributed by atoms with Crippen LogP contribution in [0, 0.1) is 11.8 Å². The lowest BCUT2D eigenvalue weighted by molar-refractivity contribution is 0.478. The van der Waals surface area contributed by atoms with E-state index < -0.39 is 0 Å². The van der Waals surface area contributed by atoms with Gasteiger partial charge >= 0.3 is 0 Å². The molecular formula is C29H51N. The van der Waals surface area contributed by atoms with Crippen LogP contribution in [-0.2, 0) is 0 Å². The van der Waals surface area contributed by atoms with Crippen LogP contribution in [0.3, 0.4) is 0 Å². The van der Waals surface area contributed by atoms with Crippen LogP contribution in [0.1, 0.15) is 136 Å². The molecule has 2 unspecified atom stereocenters. The van der Waals surface area contributed by atoms with Crippen LogP contribution >= 0.6 is 0 Å². The minimum absolute atomic E-state index is 0.669. The van der Waals surface area contributed by atoms with Crippen molar-refractivity contribution in [3.8, 4) is 0 Å². The van der Waals surface area contributed by atoms with Gasteiger partial charge in [0.2, 0.25) is 0 Å².